The van der Waals surface area contributed by atoms with Crippen LogP contribution in [0.2, 0.25) is 18.1 Å². The van der Waals surface area contributed by atoms with E-state index in [0.717, 1.165) is 24.4 Å². The summed E-state index contributed by atoms with van der Waals surface area (Å²) >= 11 is 0. The van der Waals surface area contributed by atoms with Crippen LogP contribution in [0, 0.1) is 0 Å². The van der Waals surface area contributed by atoms with Crippen LogP contribution in [0.4, 0.5) is 0 Å². The average Bonchev–Trinajstić information content (AvgIpc) is 2.66. The Hall–Kier alpha value is -0.683. The van der Waals surface area contributed by atoms with Crippen molar-refractivity contribution in [3.05, 3.63) is 11.4 Å². The van der Waals surface area contributed by atoms with Crippen molar-refractivity contribution >= 4 is 8.32 Å². The van der Waals surface area contributed by atoms with E-state index in [0.29, 0.717) is 6.61 Å². The number of aryl methyl sites for hydroxylation is 2. The molecule has 0 bridgehead atoms. The minimum atomic E-state index is -1.70. The van der Waals surface area contributed by atoms with Crippen LogP contribution in [-0.2, 0) is 24.0 Å². The monoisotopic (exact) mass is 269 g/mol. The summed E-state index contributed by atoms with van der Waals surface area (Å²) < 4.78 is 8.21. The van der Waals surface area contributed by atoms with E-state index in [4.69, 9.17) is 4.43 Å². The summed E-state index contributed by atoms with van der Waals surface area (Å²) in [5.74, 6) is 0. The van der Waals surface area contributed by atoms with E-state index in [1.165, 1.54) is 0 Å². The Labute approximate surface area is 112 Å². The maximum atomic E-state index is 6.26. The van der Waals surface area contributed by atoms with Crippen molar-refractivity contribution in [2.24, 2.45) is 0 Å². The normalized spacial score (nSPS) is 13.1. The molecular formula is C13H27N3OSi. The lowest BCUT2D eigenvalue weighted by molar-refractivity contribution is 0.264. The molecule has 0 aliphatic rings. The third-order valence-corrected chi connectivity index (χ3v) is 8.41. The summed E-state index contributed by atoms with van der Waals surface area (Å²) in [6, 6.07) is 0. The van der Waals surface area contributed by atoms with Gasteiger partial charge in [-0.2, -0.15) is 0 Å². The maximum absolute atomic E-state index is 6.26. The third-order valence-electron chi connectivity index (χ3n) is 3.93. The maximum Gasteiger partial charge on any atom is 0.192 e. The van der Waals surface area contributed by atoms with E-state index in [1.54, 1.807) is 0 Å². The summed E-state index contributed by atoms with van der Waals surface area (Å²) in [6.45, 7) is 17.0. The van der Waals surface area contributed by atoms with E-state index in [2.05, 4.69) is 58.0 Å². The van der Waals surface area contributed by atoms with E-state index in [1.807, 2.05) is 4.68 Å². The van der Waals surface area contributed by atoms with Crippen molar-refractivity contribution in [2.75, 3.05) is 0 Å². The van der Waals surface area contributed by atoms with Gasteiger partial charge in [-0.1, -0.05) is 32.9 Å². The summed E-state index contributed by atoms with van der Waals surface area (Å²) in [5.41, 5.74) is 2.21. The third kappa shape index (κ3) is 3.20. The highest BCUT2D eigenvalue weighted by molar-refractivity contribution is 6.74. The van der Waals surface area contributed by atoms with Gasteiger partial charge in [0.25, 0.3) is 0 Å². The van der Waals surface area contributed by atoms with Gasteiger partial charge in [0.15, 0.2) is 8.32 Å². The van der Waals surface area contributed by atoms with Crippen LogP contribution in [0.1, 0.15) is 46.0 Å². The topological polar surface area (TPSA) is 39.9 Å². The van der Waals surface area contributed by atoms with Crippen molar-refractivity contribution in [3.63, 3.8) is 0 Å². The largest absolute Gasteiger partial charge is 0.411 e. The van der Waals surface area contributed by atoms with Gasteiger partial charge in [0.1, 0.15) is 0 Å². The molecule has 0 saturated heterocycles. The van der Waals surface area contributed by atoms with Gasteiger partial charge in [-0.15, -0.1) is 5.10 Å². The first kappa shape index (κ1) is 15.4. The Morgan fingerprint density at radius 3 is 2.28 bits per heavy atom. The number of aromatic nitrogens is 3. The summed E-state index contributed by atoms with van der Waals surface area (Å²) in [4.78, 5) is 0. The predicted octanol–water partition coefficient (Wildman–Crippen LogP) is 3.38. The zero-order valence-corrected chi connectivity index (χ0v) is 13.9. The minimum absolute atomic E-state index is 0.240. The second-order valence-electron chi connectivity index (χ2n) is 6.20. The zero-order valence-electron chi connectivity index (χ0n) is 12.9. The Morgan fingerprint density at radius 1 is 1.22 bits per heavy atom. The standard InChI is InChI=1S/C13H27N3OSi/c1-8-11-12(16(9-2)15-14-11)10-17-18(6,7)13(3,4)5/h8-10H2,1-7H3. The van der Waals surface area contributed by atoms with Gasteiger partial charge in [-0.05, 0) is 31.5 Å². The molecular weight excluding hydrogens is 242 g/mol. The first-order chi connectivity index (χ1) is 8.23. The van der Waals surface area contributed by atoms with Gasteiger partial charge in [0, 0.05) is 6.54 Å². The Morgan fingerprint density at radius 2 is 1.83 bits per heavy atom. The lowest BCUT2D eigenvalue weighted by atomic mass is 10.2. The molecule has 1 aromatic heterocycles. The molecule has 1 aromatic rings. The molecule has 5 heteroatoms. The van der Waals surface area contributed by atoms with Gasteiger partial charge in [-0.25, -0.2) is 4.68 Å². The molecule has 0 radical (unpaired) electrons. The van der Waals surface area contributed by atoms with E-state index in [9.17, 15) is 0 Å². The number of nitrogens with zero attached hydrogens (tertiary/aromatic N) is 3. The number of rotatable bonds is 5. The lowest BCUT2D eigenvalue weighted by Crippen LogP contribution is -2.40. The van der Waals surface area contributed by atoms with Crippen molar-refractivity contribution in [2.45, 2.75) is 72.3 Å². The van der Waals surface area contributed by atoms with Crippen LogP contribution in [0.25, 0.3) is 0 Å². The lowest BCUT2D eigenvalue weighted by Gasteiger charge is -2.36. The fraction of sp³-hybridized carbons (Fsp3) is 0.846. The Bertz CT molecular complexity index is 372. The number of hydrogen-bond donors (Lipinski definition) is 0. The summed E-state index contributed by atoms with van der Waals surface area (Å²) in [6.07, 6.45) is 0.913. The Kier molecular flexibility index (Phi) is 4.72. The molecule has 0 fully saturated rings. The van der Waals surface area contributed by atoms with Crippen LogP contribution in [0.5, 0.6) is 0 Å². The molecule has 4 nitrogen and oxygen atoms in total. The highest BCUT2D eigenvalue weighted by Crippen LogP contribution is 2.37. The molecule has 18 heavy (non-hydrogen) atoms. The molecule has 0 aromatic carbocycles. The molecule has 0 aliphatic carbocycles. The predicted molar refractivity (Wildman–Crippen MR) is 77.1 cm³/mol. The van der Waals surface area contributed by atoms with Crippen molar-refractivity contribution < 1.29 is 4.43 Å². The molecule has 104 valence electrons. The Balaban J connectivity index is 2.83. The van der Waals surface area contributed by atoms with Crippen LogP contribution in [0.3, 0.4) is 0 Å². The molecule has 0 saturated carbocycles. The molecule has 0 spiro atoms. The van der Waals surface area contributed by atoms with Gasteiger partial charge in [0.2, 0.25) is 0 Å². The van der Waals surface area contributed by atoms with E-state index < -0.39 is 8.32 Å². The van der Waals surface area contributed by atoms with E-state index in [-0.39, 0.29) is 5.04 Å². The van der Waals surface area contributed by atoms with Crippen LogP contribution >= 0.6 is 0 Å². The second kappa shape index (κ2) is 5.53. The molecule has 1 heterocycles. The molecule has 0 N–H and O–H groups in total. The van der Waals surface area contributed by atoms with Gasteiger partial charge >= 0.3 is 0 Å². The smallest absolute Gasteiger partial charge is 0.192 e. The van der Waals surface area contributed by atoms with Crippen LogP contribution in [-0.4, -0.2) is 23.3 Å². The van der Waals surface area contributed by atoms with E-state index >= 15 is 0 Å². The second-order valence-corrected chi connectivity index (χ2v) is 11.0. The molecule has 1 rings (SSSR count). The minimum Gasteiger partial charge on any atom is -0.411 e. The van der Waals surface area contributed by atoms with Gasteiger partial charge in [0.05, 0.1) is 18.0 Å². The summed E-state index contributed by atoms with van der Waals surface area (Å²) in [7, 11) is -1.70. The quantitative estimate of drug-likeness (QED) is 0.769. The average molecular weight is 269 g/mol. The van der Waals surface area contributed by atoms with Crippen LogP contribution < -0.4 is 0 Å². The van der Waals surface area contributed by atoms with Crippen molar-refractivity contribution in [1.29, 1.82) is 0 Å². The fourth-order valence-corrected chi connectivity index (χ4v) is 2.45. The highest BCUT2D eigenvalue weighted by Gasteiger charge is 2.37. The first-order valence-electron chi connectivity index (χ1n) is 6.78. The summed E-state index contributed by atoms with van der Waals surface area (Å²) in [5, 5.41) is 8.63. The van der Waals surface area contributed by atoms with Gasteiger partial charge < -0.3 is 4.43 Å². The zero-order chi connectivity index (χ0) is 14.0. The number of hydrogen-bond acceptors (Lipinski definition) is 3. The van der Waals surface area contributed by atoms with Crippen molar-refractivity contribution in [1.82, 2.24) is 15.0 Å². The van der Waals surface area contributed by atoms with Gasteiger partial charge in [-0.3, -0.25) is 0 Å². The van der Waals surface area contributed by atoms with Crippen LogP contribution in [0.15, 0.2) is 0 Å². The fourth-order valence-electron chi connectivity index (χ4n) is 1.52. The molecule has 0 unspecified atom stereocenters. The molecule has 0 aliphatic heterocycles. The highest BCUT2D eigenvalue weighted by atomic mass is 28.4. The molecule has 0 atom stereocenters. The first-order valence-corrected chi connectivity index (χ1v) is 9.69. The molecule has 0 amide bonds. The van der Waals surface area contributed by atoms with Crippen molar-refractivity contribution in [3.8, 4) is 0 Å². The SMILES string of the molecule is CCc1nnn(CC)c1CO[Si](C)(C)C(C)(C)C.